The van der Waals surface area contributed by atoms with Crippen molar-refractivity contribution in [2.45, 2.75) is 26.8 Å². The molecule has 2 aromatic heterocycles. The van der Waals surface area contributed by atoms with Gasteiger partial charge >= 0.3 is 0 Å². The van der Waals surface area contributed by atoms with E-state index in [4.69, 9.17) is 5.73 Å². The van der Waals surface area contributed by atoms with Crippen LogP contribution >= 0.6 is 0 Å². The van der Waals surface area contributed by atoms with Gasteiger partial charge in [-0.3, -0.25) is 0 Å². The van der Waals surface area contributed by atoms with Crippen LogP contribution in [0.4, 0.5) is 0 Å². The summed E-state index contributed by atoms with van der Waals surface area (Å²) >= 11 is 0. The highest BCUT2D eigenvalue weighted by Gasteiger charge is 2.03. The SMILES string of the molecule is CC(C)Cc1cc2cc(CN)ncn2c1. The monoisotopic (exact) mass is 203 g/mol. The maximum absolute atomic E-state index is 5.56. The topological polar surface area (TPSA) is 43.3 Å². The van der Waals surface area contributed by atoms with E-state index in [1.54, 1.807) is 0 Å². The normalized spacial score (nSPS) is 11.5. The molecule has 3 nitrogen and oxygen atoms in total. The maximum atomic E-state index is 5.56. The molecule has 0 aliphatic rings. The first-order valence-corrected chi connectivity index (χ1v) is 5.34. The summed E-state index contributed by atoms with van der Waals surface area (Å²) in [6, 6.07) is 4.25. The Morgan fingerprint density at radius 1 is 1.40 bits per heavy atom. The Hall–Kier alpha value is -1.35. The molecule has 0 bridgehead atoms. The van der Waals surface area contributed by atoms with Crippen LogP contribution in [0.1, 0.15) is 25.1 Å². The van der Waals surface area contributed by atoms with Crippen LogP contribution in [-0.4, -0.2) is 9.38 Å². The second kappa shape index (κ2) is 4.03. The summed E-state index contributed by atoms with van der Waals surface area (Å²) in [5.41, 5.74) is 9.04. The molecule has 80 valence electrons. The molecule has 0 unspecified atom stereocenters. The summed E-state index contributed by atoms with van der Waals surface area (Å²) in [5, 5.41) is 0. The number of hydrogen-bond acceptors (Lipinski definition) is 2. The van der Waals surface area contributed by atoms with E-state index in [1.165, 1.54) is 11.1 Å². The third-order valence-corrected chi connectivity index (χ3v) is 2.45. The highest BCUT2D eigenvalue weighted by molar-refractivity contribution is 5.50. The van der Waals surface area contributed by atoms with Crippen LogP contribution in [0.25, 0.3) is 5.52 Å². The van der Waals surface area contributed by atoms with Crippen LogP contribution in [0.5, 0.6) is 0 Å². The first-order valence-electron chi connectivity index (χ1n) is 5.34. The van der Waals surface area contributed by atoms with Crippen LogP contribution in [0.15, 0.2) is 24.7 Å². The molecule has 0 saturated carbocycles. The summed E-state index contributed by atoms with van der Waals surface area (Å²) < 4.78 is 2.05. The Bertz CT molecular complexity index is 457. The smallest absolute Gasteiger partial charge is 0.0994 e. The quantitative estimate of drug-likeness (QED) is 0.829. The van der Waals surface area contributed by atoms with Gasteiger partial charge in [-0.25, -0.2) is 4.98 Å². The molecule has 2 heterocycles. The fourth-order valence-corrected chi connectivity index (χ4v) is 1.81. The number of rotatable bonds is 3. The molecule has 0 fully saturated rings. The molecule has 0 saturated heterocycles. The van der Waals surface area contributed by atoms with Gasteiger partial charge in [0.15, 0.2) is 0 Å². The minimum Gasteiger partial charge on any atom is -0.325 e. The van der Waals surface area contributed by atoms with E-state index < -0.39 is 0 Å². The van der Waals surface area contributed by atoms with E-state index in [0.29, 0.717) is 12.5 Å². The van der Waals surface area contributed by atoms with Crippen LogP contribution in [-0.2, 0) is 13.0 Å². The molecule has 0 aliphatic heterocycles. The zero-order valence-electron chi connectivity index (χ0n) is 9.27. The Labute approximate surface area is 89.9 Å². The van der Waals surface area contributed by atoms with Gasteiger partial charge in [0.25, 0.3) is 0 Å². The van der Waals surface area contributed by atoms with Gasteiger partial charge in [-0.05, 0) is 30.0 Å². The lowest BCUT2D eigenvalue weighted by atomic mass is 10.1. The van der Waals surface area contributed by atoms with Gasteiger partial charge in [0, 0.05) is 18.3 Å². The molecule has 0 spiro atoms. The fraction of sp³-hybridized carbons (Fsp3) is 0.417. The van der Waals surface area contributed by atoms with Gasteiger partial charge in [-0.1, -0.05) is 13.8 Å². The van der Waals surface area contributed by atoms with E-state index in [0.717, 1.165) is 12.1 Å². The van der Waals surface area contributed by atoms with Crippen LogP contribution in [0.3, 0.4) is 0 Å². The van der Waals surface area contributed by atoms with Gasteiger partial charge in [0.2, 0.25) is 0 Å². The summed E-state index contributed by atoms with van der Waals surface area (Å²) in [7, 11) is 0. The third-order valence-electron chi connectivity index (χ3n) is 2.45. The van der Waals surface area contributed by atoms with Gasteiger partial charge in [0.1, 0.15) is 0 Å². The summed E-state index contributed by atoms with van der Waals surface area (Å²) in [4.78, 5) is 4.26. The van der Waals surface area contributed by atoms with Crippen molar-refractivity contribution in [2.75, 3.05) is 0 Å². The molecule has 2 N–H and O–H groups in total. The Morgan fingerprint density at radius 3 is 2.87 bits per heavy atom. The van der Waals surface area contributed by atoms with Crippen molar-refractivity contribution in [3.63, 3.8) is 0 Å². The zero-order chi connectivity index (χ0) is 10.8. The molecule has 0 aromatic carbocycles. The number of nitrogens with two attached hydrogens (primary N) is 1. The average molecular weight is 203 g/mol. The minimum absolute atomic E-state index is 0.501. The van der Waals surface area contributed by atoms with E-state index in [-0.39, 0.29) is 0 Å². The lowest BCUT2D eigenvalue weighted by Gasteiger charge is -1.99. The third kappa shape index (κ3) is 2.18. The lowest BCUT2D eigenvalue weighted by molar-refractivity contribution is 0.647. The Balaban J connectivity index is 2.37. The summed E-state index contributed by atoms with van der Waals surface area (Å²) in [6.07, 6.45) is 5.09. The zero-order valence-corrected chi connectivity index (χ0v) is 9.27. The van der Waals surface area contributed by atoms with Gasteiger partial charge in [-0.15, -0.1) is 0 Å². The van der Waals surface area contributed by atoms with Crippen molar-refractivity contribution in [1.29, 1.82) is 0 Å². The molecule has 0 aliphatic carbocycles. The second-order valence-corrected chi connectivity index (χ2v) is 4.36. The molecule has 0 amide bonds. The fourth-order valence-electron chi connectivity index (χ4n) is 1.81. The van der Waals surface area contributed by atoms with Crippen molar-refractivity contribution in [3.8, 4) is 0 Å². The average Bonchev–Trinajstić information content (AvgIpc) is 2.57. The number of aromatic nitrogens is 2. The van der Waals surface area contributed by atoms with Gasteiger partial charge < -0.3 is 10.1 Å². The molecule has 0 atom stereocenters. The van der Waals surface area contributed by atoms with Crippen LogP contribution < -0.4 is 5.73 Å². The first-order chi connectivity index (χ1) is 7.19. The van der Waals surface area contributed by atoms with Crippen molar-refractivity contribution in [2.24, 2.45) is 11.7 Å². The van der Waals surface area contributed by atoms with Crippen molar-refractivity contribution >= 4 is 5.52 Å². The second-order valence-electron chi connectivity index (χ2n) is 4.36. The predicted octanol–water partition coefficient (Wildman–Crippen LogP) is 1.99. The van der Waals surface area contributed by atoms with E-state index in [9.17, 15) is 0 Å². The molecule has 15 heavy (non-hydrogen) atoms. The summed E-state index contributed by atoms with van der Waals surface area (Å²) in [5.74, 6) is 0.685. The number of hydrogen-bond donors (Lipinski definition) is 1. The molecule has 3 heteroatoms. The van der Waals surface area contributed by atoms with Crippen molar-refractivity contribution in [1.82, 2.24) is 9.38 Å². The highest BCUT2D eigenvalue weighted by atomic mass is 14.9. The van der Waals surface area contributed by atoms with Crippen molar-refractivity contribution < 1.29 is 0 Å². The van der Waals surface area contributed by atoms with Crippen molar-refractivity contribution in [3.05, 3.63) is 35.9 Å². The molecule has 0 radical (unpaired) electrons. The largest absolute Gasteiger partial charge is 0.325 e. The first kappa shape index (κ1) is 10.2. The van der Waals surface area contributed by atoms with E-state index in [1.807, 2.05) is 12.4 Å². The van der Waals surface area contributed by atoms with E-state index in [2.05, 4.69) is 35.5 Å². The predicted molar refractivity (Wildman–Crippen MR) is 61.6 cm³/mol. The number of nitrogens with zero attached hydrogens (tertiary/aromatic N) is 2. The van der Waals surface area contributed by atoms with E-state index >= 15 is 0 Å². The van der Waals surface area contributed by atoms with Gasteiger partial charge in [-0.2, -0.15) is 0 Å². The number of fused-ring (bicyclic) bond motifs is 1. The van der Waals surface area contributed by atoms with Crippen LogP contribution in [0.2, 0.25) is 0 Å². The Morgan fingerprint density at radius 2 is 2.20 bits per heavy atom. The Kier molecular flexibility index (Phi) is 2.73. The molecule has 2 rings (SSSR count). The summed E-state index contributed by atoms with van der Waals surface area (Å²) in [6.45, 7) is 4.96. The standard InChI is InChI=1S/C12H17N3/c1-9(2)3-10-4-12-5-11(6-13)14-8-15(12)7-10/h4-5,7-9H,3,6,13H2,1-2H3. The minimum atomic E-state index is 0.501. The van der Waals surface area contributed by atoms with Gasteiger partial charge in [0.05, 0.1) is 12.0 Å². The van der Waals surface area contributed by atoms with Crippen LogP contribution in [0, 0.1) is 5.92 Å². The maximum Gasteiger partial charge on any atom is 0.0994 e. The lowest BCUT2D eigenvalue weighted by Crippen LogP contribution is -2.00. The molecular formula is C12H17N3. The highest BCUT2D eigenvalue weighted by Crippen LogP contribution is 2.14. The molecule has 2 aromatic rings. The molecular weight excluding hydrogens is 186 g/mol.